The van der Waals surface area contributed by atoms with E-state index in [4.69, 9.17) is 0 Å². The summed E-state index contributed by atoms with van der Waals surface area (Å²) >= 11 is 0. The molecule has 2 amide bonds. The molecule has 1 fully saturated rings. The maximum atomic E-state index is 12.4. The van der Waals surface area contributed by atoms with Gasteiger partial charge < -0.3 is 15.0 Å². The molecule has 1 saturated heterocycles. The molecule has 1 N–H and O–H groups in total. The quantitative estimate of drug-likeness (QED) is 0.768. The number of carbonyl (C=O) groups is 3. The molecule has 0 bridgehead atoms. The van der Waals surface area contributed by atoms with Gasteiger partial charge in [-0.1, -0.05) is 37.3 Å². The van der Waals surface area contributed by atoms with Crippen LogP contribution in [0.4, 0.5) is 0 Å². The van der Waals surface area contributed by atoms with Gasteiger partial charge in [-0.05, 0) is 12.0 Å². The van der Waals surface area contributed by atoms with Crippen LogP contribution in [0.2, 0.25) is 0 Å². The Morgan fingerprint density at radius 3 is 2.67 bits per heavy atom. The molecule has 6 heteroatoms. The van der Waals surface area contributed by atoms with E-state index in [0.29, 0.717) is 19.5 Å². The second kappa shape index (κ2) is 8.47. The predicted octanol–water partition coefficient (Wildman–Crippen LogP) is 1.49. The van der Waals surface area contributed by atoms with Gasteiger partial charge in [-0.25, -0.2) is 0 Å². The van der Waals surface area contributed by atoms with Gasteiger partial charge in [0.15, 0.2) is 0 Å². The maximum absolute atomic E-state index is 12.4. The molecular weight excluding hydrogens is 308 g/mol. The van der Waals surface area contributed by atoms with Crippen molar-refractivity contribution >= 4 is 17.8 Å². The molecule has 24 heavy (non-hydrogen) atoms. The molecule has 6 nitrogen and oxygen atoms in total. The highest BCUT2D eigenvalue weighted by Gasteiger charge is 2.35. The number of carbonyl (C=O) groups excluding carboxylic acids is 3. The van der Waals surface area contributed by atoms with Gasteiger partial charge >= 0.3 is 5.97 Å². The zero-order valence-electron chi connectivity index (χ0n) is 14.2. The highest BCUT2D eigenvalue weighted by molar-refractivity contribution is 5.89. The Kier molecular flexibility index (Phi) is 6.35. The van der Waals surface area contributed by atoms with Crippen molar-refractivity contribution < 1.29 is 19.1 Å². The second-order valence-electron chi connectivity index (χ2n) is 6.05. The van der Waals surface area contributed by atoms with Crippen LogP contribution in [-0.2, 0) is 25.7 Å². The number of methoxy groups -OCH3 is 1. The molecule has 2 atom stereocenters. The van der Waals surface area contributed by atoms with Gasteiger partial charge in [0.25, 0.3) is 0 Å². The lowest BCUT2D eigenvalue weighted by atomic mass is 10.1. The highest BCUT2D eigenvalue weighted by Crippen LogP contribution is 2.20. The molecule has 2 rings (SSSR count). The number of nitrogens with one attached hydrogen (secondary N) is 1. The number of rotatable bonds is 7. The van der Waals surface area contributed by atoms with E-state index in [1.54, 1.807) is 4.90 Å². The number of ether oxygens (including phenoxy) is 1. The van der Waals surface area contributed by atoms with Crippen molar-refractivity contribution in [2.24, 2.45) is 5.92 Å². The number of benzene rings is 1. The zero-order valence-corrected chi connectivity index (χ0v) is 14.2. The molecule has 1 aromatic carbocycles. The number of hydrogen-bond donors (Lipinski definition) is 1. The van der Waals surface area contributed by atoms with Crippen LogP contribution >= 0.6 is 0 Å². The van der Waals surface area contributed by atoms with Crippen LogP contribution in [0.3, 0.4) is 0 Å². The van der Waals surface area contributed by atoms with E-state index in [2.05, 4.69) is 10.1 Å². The summed E-state index contributed by atoms with van der Waals surface area (Å²) in [5.74, 6) is -0.905. The van der Waals surface area contributed by atoms with Gasteiger partial charge in [0, 0.05) is 25.6 Å². The van der Waals surface area contributed by atoms with Gasteiger partial charge in [0.1, 0.15) is 0 Å². The van der Waals surface area contributed by atoms with Crippen LogP contribution in [0.1, 0.15) is 31.7 Å². The van der Waals surface area contributed by atoms with E-state index in [0.717, 1.165) is 5.56 Å². The fraction of sp³-hybridized carbons (Fsp3) is 0.500. The van der Waals surface area contributed by atoms with E-state index in [1.165, 1.54) is 7.11 Å². The highest BCUT2D eigenvalue weighted by atomic mass is 16.5. The largest absolute Gasteiger partial charge is 0.469 e. The third-order valence-corrected chi connectivity index (χ3v) is 4.28. The Morgan fingerprint density at radius 2 is 2.04 bits per heavy atom. The van der Waals surface area contributed by atoms with Crippen molar-refractivity contribution in [1.29, 1.82) is 0 Å². The summed E-state index contributed by atoms with van der Waals surface area (Å²) in [6.07, 6.45) is 0.996. The number of nitrogens with zero attached hydrogens (tertiary/aromatic N) is 1. The molecule has 1 aliphatic rings. The summed E-state index contributed by atoms with van der Waals surface area (Å²) in [5, 5.41) is 2.86. The fourth-order valence-electron chi connectivity index (χ4n) is 2.81. The predicted molar refractivity (Wildman–Crippen MR) is 88.8 cm³/mol. The summed E-state index contributed by atoms with van der Waals surface area (Å²) in [5.41, 5.74) is 1.05. The normalized spacial score (nSPS) is 18.3. The lowest BCUT2D eigenvalue weighted by molar-refractivity contribution is -0.141. The molecule has 0 aliphatic carbocycles. The van der Waals surface area contributed by atoms with E-state index in [1.807, 2.05) is 37.3 Å². The Labute approximate surface area is 142 Å². The minimum Gasteiger partial charge on any atom is -0.469 e. The third kappa shape index (κ3) is 4.81. The first-order valence-electron chi connectivity index (χ1n) is 8.22. The molecule has 2 unspecified atom stereocenters. The maximum Gasteiger partial charge on any atom is 0.307 e. The summed E-state index contributed by atoms with van der Waals surface area (Å²) in [6.45, 7) is 2.83. The lowest BCUT2D eigenvalue weighted by Crippen LogP contribution is -2.40. The first-order chi connectivity index (χ1) is 11.5. The van der Waals surface area contributed by atoms with Crippen molar-refractivity contribution in [3.8, 4) is 0 Å². The van der Waals surface area contributed by atoms with Crippen molar-refractivity contribution in [2.75, 3.05) is 13.7 Å². The molecular formula is C18H24N2O4. The van der Waals surface area contributed by atoms with Crippen LogP contribution in [0.5, 0.6) is 0 Å². The van der Waals surface area contributed by atoms with Gasteiger partial charge in [-0.3, -0.25) is 14.4 Å². The Balaban J connectivity index is 1.89. The third-order valence-electron chi connectivity index (χ3n) is 4.28. The minimum atomic E-state index is -0.368. The van der Waals surface area contributed by atoms with Crippen LogP contribution in [0, 0.1) is 5.92 Å². The average Bonchev–Trinajstić information content (AvgIpc) is 2.95. The van der Waals surface area contributed by atoms with Crippen LogP contribution in [0.15, 0.2) is 30.3 Å². The topological polar surface area (TPSA) is 75.7 Å². The summed E-state index contributed by atoms with van der Waals surface area (Å²) in [7, 11) is 1.33. The first kappa shape index (κ1) is 18.0. The van der Waals surface area contributed by atoms with E-state index < -0.39 is 0 Å². The second-order valence-corrected chi connectivity index (χ2v) is 6.05. The Bertz CT molecular complexity index is 588. The standard InChI is InChI=1S/C18H24N2O4/c1-3-15(10-17(22)24-2)19-18(23)14-9-16(21)20(12-14)11-13-7-5-4-6-8-13/h4-8,14-15H,3,9-12H2,1-2H3,(H,19,23). The Morgan fingerprint density at radius 1 is 1.33 bits per heavy atom. The molecule has 1 aliphatic heterocycles. The van der Waals surface area contributed by atoms with E-state index >= 15 is 0 Å². The van der Waals surface area contributed by atoms with Crippen LogP contribution in [-0.4, -0.2) is 42.4 Å². The molecule has 0 saturated carbocycles. The summed E-state index contributed by atoms with van der Waals surface area (Å²) in [4.78, 5) is 37.6. The molecule has 0 aromatic heterocycles. The van der Waals surface area contributed by atoms with Crippen molar-refractivity contribution in [1.82, 2.24) is 10.2 Å². The minimum absolute atomic E-state index is 0.0139. The molecule has 0 radical (unpaired) electrons. The molecule has 1 aromatic rings. The first-order valence-corrected chi connectivity index (χ1v) is 8.22. The average molecular weight is 332 g/mol. The van der Waals surface area contributed by atoms with Gasteiger partial charge in [-0.15, -0.1) is 0 Å². The smallest absolute Gasteiger partial charge is 0.307 e. The van der Waals surface area contributed by atoms with Crippen LogP contribution < -0.4 is 5.32 Å². The van der Waals surface area contributed by atoms with Gasteiger partial charge in [-0.2, -0.15) is 0 Å². The van der Waals surface area contributed by atoms with E-state index in [9.17, 15) is 14.4 Å². The van der Waals surface area contributed by atoms with Gasteiger partial charge in [0.2, 0.25) is 11.8 Å². The number of likely N-dealkylation sites (tertiary alicyclic amines) is 1. The van der Waals surface area contributed by atoms with Crippen molar-refractivity contribution in [2.45, 2.75) is 38.8 Å². The van der Waals surface area contributed by atoms with E-state index in [-0.39, 0.29) is 42.6 Å². The fourth-order valence-corrected chi connectivity index (χ4v) is 2.81. The SMILES string of the molecule is CCC(CC(=O)OC)NC(=O)C1CC(=O)N(Cc2ccccc2)C1. The molecule has 0 spiro atoms. The number of hydrogen-bond acceptors (Lipinski definition) is 4. The Hall–Kier alpha value is -2.37. The van der Waals surface area contributed by atoms with Crippen molar-refractivity contribution in [3.63, 3.8) is 0 Å². The zero-order chi connectivity index (χ0) is 17.5. The molecule has 130 valence electrons. The number of esters is 1. The number of amides is 2. The molecule has 1 heterocycles. The summed E-state index contributed by atoms with van der Waals surface area (Å²) < 4.78 is 4.64. The van der Waals surface area contributed by atoms with Crippen LogP contribution in [0.25, 0.3) is 0 Å². The lowest BCUT2D eigenvalue weighted by Gasteiger charge is -2.19. The van der Waals surface area contributed by atoms with Gasteiger partial charge in [0.05, 0.1) is 19.4 Å². The summed E-state index contributed by atoms with van der Waals surface area (Å²) in [6, 6.07) is 9.45. The monoisotopic (exact) mass is 332 g/mol. The van der Waals surface area contributed by atoms with Crippen molar-refractivity contribution in [3.05, 3.63) is 35.9 Å².